The minimum Gasteiger partial charge on any atom is -0.490 e. The van der Waals surface area contributed by atoms with E-state index in [0.29, 0.717) is 36.0 Å². The third kappa shape index (κ3) is 8.27. The summed E-state index contributed by atoms with van der Waals surface area (Å²) in [6.07, 6.45) is 12.0. The number of nitrogens with one attached hydrogen (secondary N) is 1. The van der Waals surface area contributed by atoms with Crippen molar-refractivity contribution in [3.8, 4) is 11.3 Å². The molecular formula is C31H34FN5O. The lowest BCUT2D eigenvalue weighted by Crippen LogP contribution is -2.05. The van der Waals surface area contributed by atoms with Gasteiger partial charge in [0, 0.05) is 42.6 Å². The van der Waals surface area contributed by atoms with Crippen molar-refractivity contribution in [2.24, 2.45) is 4.99 Å². The van der Waals surface area contributed by atoms with Crippen LogP contribution < -0.4 is 11.1 Å². The number of aliphatic imine (C=N–C) groups is 1. The molecule has 0 spiro atoms. The Morgan fingerprint density at radius 1 is 1.13 bits per heavy atom. The summed E-state index contributed by atoms with van der Waals surface area (Å²) < 4.78 is 19.0. The van der Waals surface area contributed by atoms with Crippen LogP contribution in [0.5, 0.6) is 0 Å². The first-order chi connectivity index (χ1) is 18.6. The van der Waals surface area contributed by atoms with Crippen molar-refractivity contribution >= 4 is 24.1 Å². The summed E-state index contributed by atoms with van der Waals surface area (Å²) in [6, 6.07) is 17.6. The van der Waals surface area contributed by atoms with E-state index in [0.717, 1.165) is 23.1 Å². The van der Waals surface area contributed by atoms with Crippen molar-refractivity contribution < 1.29 is 9.13 Å². The molecule has 3 N–H and O–H groups in total. The molecule has 0 saturated heterocycles. The average Bonchev–Trinajstić information content (AvgIpc) is 3.19. The first kappa shape index (κ1) is 28.1. The molecule has 0 aliphatic carbocycles. The Labute approximate surface area is 224 Å². The van der Waals surface area contributed by atoms with E-state index in [2.05, 4.69) is 32.9 Å². The molecule has 0 atom stereocenters. The fraction of sp³-hybridized carbons (Fsp3) is 0.194. The predicted molar refractivity (Wildman–Crippen MR) is 156 cm³/mol. The zero-order valence-corrected chi connectivity index (χ0v) is 21.9. The highest BCUT2D eigenvalue weighted by molar-refractivity contribution is 5.71. The molecule has 0 amide bonds. The van der Waals surface area contributed by atoms with E-state index >= 15 is 0 Å². The van der Waals surface area contributed by atoms with Gasteiger partial charge in [0.2, 0.25) is 5.95 Å². The van der Waals surface area contributed by atoms with Gasteiger partial charge in [-0.05, 0) is 34.9 Å². The van der Waals surface area contributed by atoms with Crippen LogP contribution in [0.1, 0.15) is 37.0 Å². The van der Waals surface area contributed by atoms with Crippen LogP contribution in [0.2, 0.25) is 0 Å². The van der Waals surface area contributed by atoms with Crippen molar-refractivity contribution in [2.75, 3.05) is 17.7 Å². The summed E-state index contributed by atoms with van der Waals surface area (Å²) in [5.74, 6) is 1.14. The molecule has 196 valence electrons. The summed E-state index contributed by atoms with van der Waals surface area (Å²) in [5.41, 5.74) is 11.6. The standard InChI is InChI=1S/C29H28FN5O.C2H6/c1-21(36-20-24-11-6-10-22-14-17-32-18-15-26(22)24)7-5-12-25(13-16-30)33-28-19-27(34-29(31)35-28)23-8-3-2-4-9-23;1-2/h2-11,13,15,17-19H,1,12,14,16,20H2,(H3,31,33,34,35);1-2H3/b7-5-,25-13+;. The predicted octanol–water partition coefficient (Wildman–Crippen LogP) is 7.29. The van der Waals surface area contributed by atoms with Gasteiger partial charge in [0.05, 0.1) is 5.69 Å². The van der Waals surface area contributed by atoms with E-state index in [1.54, 1.807) is 18.3 Å². The number of alkyl halides is 1. The van der Waals surface area contributed by atoms with Crippen molar-refractivity contribution in [2.45, 2.75) is 33.3 Å². The number of halogens is 1. The fourth-order valence-electron chi connectivity index (χ4n) is 3.78. The van der Waals surface area contributed by atoms with Crippen LogP contribution in [0.25, 0.3) is 17.3 Å². The number of aromatic nitrogens is 2. The maximum Gasteiger partial charge on any atom is 0.222 e. The highest BCUT2D eigenvalue weighted by Gasteiger charge is 2.08. The van der Waals surface area contributed by atoms with Crippen molar-refractivity contribution in [3.05, 3.63) is 114 Å². The Bertz CT molecular complexity index is 1330. The van der Waals surface area contributed by atoms with E-state index in [9.17, 15) is 4.39 Å². The van der Waals surface area contributed by atoms with Gasteiger partial charge in [-0.15, -0.1) is 0 Å². The second kappa shape index (κ2) is 14.9. The third-order valence-electron chi connectivity index (χ3n) is 5.51. The minimum absolute atomic E-state index is 0.135. The molecule has 0 unspecified atom stereocenters. The van der Waals surface area contributed by atoms with E-state index in [1.165, 1.54) is 11.6 Å². The number of nitrogen functional groups attached to an aromatic ring is 1. The summed E-state index contributed by atoms with van der Waals surface area (Å²) in [5, 5.41) is 3.15. The van der Waals surface area contributed by atoms with Gasteiger partial charge in [-0.1, -0.05) is 75.0 Å². The molecule has 1 aliphatic rings. The highest BCUT2D eigenvalue weighted by Crippen LogP contribution is 2.23. The van der Waals surface area contributed by atoms with Crippen LogP contribution in [0, 0.1) is 0 Å². The number of anilines is 2. The number of benzene rings is 2. The molecule has 0 fully saturated rings. The second-order valence-corrected chi connectivity index (χ2v) is 8.07. The Kier molecular flexibility index (Phi) is 11.0. The highest BCUT2D eigenvalue weighted by atomic mass is 19.1. The number of nitrogens with zero attached hydrogens (tertiary/aromatic N) is 3. The third-order valence-corrected chi connectivity index (χ3v) is 5.51. The number of hydrogen-bond acceptors (Lipinski definition) is 6. The van der Waals surface area contributed by atoms with Gasteiger partial charge in [-0.3, -0.25) is 4.99 Å². The van der Waals surface area contributed by atoms with Gasteiger partial charge in [0.1, 0.15) is 24.9 Å². The molecule has 1 aliphatic heterocycles. The first-order valence-electron chi connectivity index (χ1n) is 12.6. The Balaban J connectivity index is 0.00000195. The molecular weight excluding hydrogens is 477 g/mol. The Hall–Kier alpha value is -4.52. The van der Waals surface area contributed by atoms with Crippen molar-refractivity contribution in [3.63, 3.8) is 0 Å². The maximum atomic E-state index is 13.2. The van der Waals surface area contributed by atoms with Gasteiger partial charge >= 0.3 is 0 Å². The Morgan fingerprint density at radius 2 is 1.95 bits per heavy atom. The topological polar surface area (TPSA) is 85.4 Å². The summed E-state index contributed by atoms with van der Waals surface area (Å²) in [7, 11) is 0. The van der Waals surface area contributed by atoms with E-state index in [1.807, 2.05) is 74.7 Å². The molecule has 0 saturated carbocycles. The van der Waals surface area contributed by atoms with E-state index in [-0.39, 0.29) is 5.95 Å². The van der Waals surface area contributed by atoms with Crippen molar-refractivity contribution in [1.29, 1.82) is 0 Å². The number of allylic oxidation sites excluding steroid dienone is 3. The molecule has 2 aromatic carbocycles. The molecule has 3 aromatic rings. The maximum absolute atomic E-state index is 13.2. The SMILES string of the molecule is C=C(/C=C\C/C(=C\CF)Nc1cc(-c2ccccc2)nc(N)n1)OCc1cccc2c1C=CN=CC2.CC. The molecule has 2 heterocycles. The fourth-order valence-corrected chi connectivity index (χ4v) is 3.78. The van der Waals surface area contributed by atoms with Gasteiger partial charge in [-0.25, -0.2) is 9.37 Å². The Morgan fingerprint density at radius 3 is 2.74 bits per heavy atom. The van der Waals surface area contributed by atoms with E-state index in [4.69, 9.17) is 10.5 Å². The van der Waals surface area contributed by atoms with Gasteiger partial charge in [0.25, 0.3) is 0 Å². The molecule has 38 heavy (non-hydrogen) atoms. The molecule has 0 bridgehead atoms. The quantitative estimate of drug-likeness (QED) is 0.220. The first-order valence-corrected chi connectivity index (χ1v) is 12.6. The molecule has 4 rings (SSSR count). The summed E-state index contributed by atoms with van der Waals surface area (Å²) in [6.45, 7) is 7.76. The van der Waals surface area contributed by atoms with Crippen molar-refractivity contribution in [1.82, 2.24) is 9.97 Å². The van der Waals surface area contributed by atoms with Gasteiger partial charge < -0.3 is 15.8 Å². The van der Waals surface area contributed by atoms with Crippen LogP contribution in [-0.4, -0.2) is 22.9 Å². The molecule has 0 radical (unpaired) electrons. The lowest BCUT2D eigenvalue weighted by atomic mass is 10.00. The average molecular weight is 512 g/mol. The number of hydrogen-bond donors (Lipinski definition) is 2. The molecule has 1 aromatic heterocycles. The lowest BCUT2D eigenvalue weighted by Gasteiger charge is -2.12. The number of fused-ring (bicyclic) bond motifs is 1. The normalized spacial score (nSPS) is 12.3. The van der Waals surface area contributed by atoms with E-state index < -0.39 is 6.67 Å². The smallest absolute Gasteiger partial charge is 0.222 e. The lowest BCUT2D eigenvalue weighted by molar-refractivity contribution is 0.212. The summed E-state index contributed by atoms with van der Waals surface area (Å²) >= 11 is 0. The molecule has 7 heteroatoms. The monoisotopic (exact) mass is 511 g/mol. The molecule has 6 nitrogen and oxygen atoms in total. The minimum atomic E-state index is -0.615. The second-order valence-electron chi connectivity index (χ2n) is 8.07. The zero-order valence-electron chi connectivity index (χ0n) is 21.9. The van der Waals surface area contributed by atoms with Gasteiger partial charge in [-0.2, -0.15) is 4.98 Å². The van der Waals surface area contributed by atoms with Crippen LogP contribution in [-0.2, 0) is 17.8 Å². The van der Waals surface area contributed by atoms with Crippen LogP contribution in [0.3, 0.4) is 0 Å². The largest absolute Gasteiger partial charge is 0.490 e. The number of nitrogens with two attached hydrogens (primary N) is 1. The number of ether oxygens (including phenoxy) is 1. The van der Waals surface area contributed by atoms with Crippen LogP contribution in [0.4, 0.5) is 16.2 Å². The van der Waals surface area contributed by atoms with Gasteiger partial charge in [0.15, 0.2) is 0 Å². The zero-order chi connectivity index (χ0) is 27.2. The summed E-state index contributed by atoms with van der Waals surface area (Å²) in [4.78, 5) is 12.8. The van der Waals surface area contributed by atoms with Crippen LogP contribution >= 0.6 is 0 Å². The van der Waals surface area contributed by atoms with Crippen LogP contribution in [0.15, 0.2) is 102 Å². The number of rotatable bonds is 10.